The first kappa shape index (κ1) is 10.1. The van der Waals surface area contributed by atoms with Crippen LogP contribution in [0.1, 0.15) is 32.4 Å². The fourth-order valence-electron chi connectivity index (χ4n) is 2.09. The molecule has 0 amide bonds. The molecule has 1 aromatic heterocycles. The maximum atomic E-state index is 11.6. The molecule has 4 nitrogen and oxygen atoms in total. The quantitative estimate of drug-likeness (QED) is 0.699. The standard InChI is InChI=1S/C11H15N3O/c1-11(2)5-8(4-9(15)6-11)10-7-12-13-14(10)3/h4,7H,5-6H2,1-3H3. The van der Waals surface area contributed by atoms with Crippen LogP contribution >= 0.6 is 0 Å². The second-order valence-corrected chi connectivity index (χ2v) is 4.90. The van der Waals surface area contributed by atoms with Gasteiger partial charge in [0.2, 0.25) is 0 Å². The zero-order chi connectivity index (χ0) is 11.1. The predicted molar refractivity (Wildman–Crippen MR) is 57.0 cm³/mol. The van der Waals surface area contributed by atoms with Gasteiger partial charge in [0.1, 0.15) is 0 Å². The zero-order valence-electron chi connectivity index (χ0n) is 9.32. The summed E-state index contributed by atoms with van der Waals surface area (Å²) in [5, 5.41) is 7.71. The van der Waals surface area contributed by atoms with Crippen molar-refractivity contribution in [3.05, 3.63) is 18.0 Å². The molecule has 0 unspecified atom stereocenters. The molecular weight excluding hydrogens is 190 g/mol. The molecule has 0 bridgehead atoms. The van der Waals surface area contributed by atoms with E-state index in [1.54, 1.807) is 17.0 Å². The first-order valence-electron chi connectivity index (χ1n) is 5.06. The highest BCUT2D eigenvalue weighted by Crippen LogP contribution is 2.37. The van der Waals surface area contributed by atoms with E-state index in [2.05, 4.69) is 24.2 Å². The lowest BCUT2D eigenvalue weighted by Gasteiger charge is -2.28. The Kier molecular flexibility index (Phi) is 2.21. The van der Waals surface area contributed by atoms with Crippen molar-refractivity contribution in [3.63, 3.8) is 0 Å². The molecule has 1 aliphatic carbocycles. The van der Waals surface area contributed by atoms with E-state index < -0.39 is 0 Å². The minimum Gasteiger partial charge on any atom is -0.295 e. The van der Waals surface area contributed by atoms with Crippen molar-refractivity contribution in [1.82, 2.24) is 15.0 Å². The van der Waals surface area contributed by atoms with E-state index in [1.807, 2.05) is 7.05 Å². The summed E-state index contributed by atoms with van der Waals surface area (Å²) in [5.41, 5.74) is 2.03. The molecule has 1 aliphatic rings. The maximum Gasteiger partial charge on any atom is 0.156 e. The van der Waals surface area contributed by atoms with Gasteiger partial charge in [-0.2, -0.15) is 0 Å². The van der Waals surface area contributed by atoms with Crippen molar-refractivity contribution in [1.29, 1.82) is 0 Å². The molecule has 0 saturated carbocycles. The number of hydrogen-bond acceptors (Lipinski definition) is 3. The third-order valence-electron chi connectivity index (χ3n) is 2.70. The van der Waals surface area contributed by atoms with E-state index in [0.29, 0.717) is 6.42 Å². The third kappa shape index (κ3) is 1.98. The summed E-state index contributed by atoms with van der Waals surface area (Å²) in [6.07, 6.45) is 4.96. The molecule has 0 spiro atoms. The molecule has 0 atom stereocenters. The van der Waals surface area contributed by atoms with Gasteiger partial charge in [0, 0.05) is 13.5 Å². The molecule has 0 aliphatic heterocycles. The highest BCUT2D eigenvalue weighted by Gasteiger charge is 2.28. The highest BCUT2D eigenvalue weighted by molar-refractivity contribution is 5.98. The maximum absolute atomic E-state index is 11.6. The number of rotatable bonds is 1. The summed E-state index contributed by atoms with van der Waals surface area (Å²) in [6.45, 7) is 4.23. The number of carbonyl (C=O) groups is 1. The first-order chi connectivity index (χ1) is 6.98. The van der Waals surface area contributed by atoms with Crippen molar-refractivity contribution in [2.45, 2.75) is 26.7 Å². The second-order valence-electron chi connectivity index (χ2n) is 4.90. The normalized spacial score (nSPS) is 20.2. The predicted octanol–water partition coefficient (Wildman–Crippen LogP) is 1.59. The molecule has 2 rings (SSSR count). The van der Waals surface area contributed by atoms with Crippen molar-refractivity contribution in [3.8, 4) is 0 Å². The Bertz CT molecular complexity index is 429. The molecule has 0 aromatic carbocycles. The van der Waals surface area contributed by atoms with Gasteiger partial charge in [0.15, 0.2) is 5.78 Å². The fraction of sp³-hybridized carbons (Fsp3) is 0.545. The van der Waals surface area contributed by atoms with Crippen LogP contribution in [0.15, 0.2) is 12.3 Å². The van der Waals surface area contributed by atoms with Gasteiger partial charge in [-0.1, -0.05) is 19.1 Å². The number of ketones is 1. The van der Waals surface area contributed by atoms with Crippen LogP contribution in [0.2, 0.25) is 0 Å². The number of nitrogens with zero attached hydrogens (tertiary/aromatic N) is 3. The van der Waals surface area contributed by atoms with Gasteiger partial charge in [-0.3, -0.25) is 4.79 Å². The lowest BCUT2D eigenvalue weighted by molar-refractivity contribution is -0.116. The Morgan fingerprint density at radius 2 is 2.13 bits per heavy atom. The Morgan fingerprint density at radius 1 is 1.40 bits per heavy atom. The number of carbonyl (C=O) groups excluding carboxylic acids is 1. The van der Waals surface area contributed by atoms with Gasteiger partial charge in [0.05, 0.1) is 11.9 Å². The molecule has 80 valence electrons. The molecule has 4 heteroatoms. The molecule has 0 saturated heterocycles. The van der Waals surface area contributed by atoms with Crippen molar-refractivity contribution < 1.29 is 4.79 Å². The Labute approximate surface area is 89.0 Å². The van der Waals surface area contributed by atoms with E-state index >= 15 is 0 Å². The number of hydrogen-bond donors (Lipinski definition) is 0. The van der Waals surface area contributed by atoms with Crippen LogP contribution < -0.4 is 0 Å². The minimum atomic E-state index is 0.0471. The Hall–Kier alpha value is -1.45. The fourth-order valence-corrected chi connectivity index (χ4v) is 2.09. The molecule has 0 N–H and O–H groups in total. The van der Waals surface area contributed by atoms with Crippen molar-refractivity contribution in [2.75, 3.05) is 0 Å². The highest BCUT2D eigenvalue weighted by atomic mass is 16.1. The van der Waals surface area contributed by atoms with E-state index in [-0.39, 0.29) is 11.2 Å². The minimum absolute atomic E-state index is 0.0471. The van der Waals surface area contributed by atoms with Crippen LogP contribution in [0.25, 0.3) is 5.57 Å². The second kappa shape index (κ2) is 3.29. The van der Waals surface area contributed by atoms with Crippen LogP contribution in [0.5, 0.6) is 0 Å². The van der Waals surface area contributed by atoms with Gasteiger partial charge in [-0.05, 0) is 23.5 Å². The van der Waals surface area contributed by atoms with E-state index in [1.165, 1.54) is 0 Å². The van der Waals surface area contributed by atoms with E-state index in [9.17, 15) is 4.79 Å². The largest absolute Gasteiger partial charge is 0.295 e. The smallest absolute Gasteiger partial charge is 0.156 e. The van der Waals surface area contributed by atoms with Crippen LogP contribution in [-0.4, -0.2) is 20.8 Å². The molecular formula is C11H15N3O. The summed E-state index contributed by atoms with van der Waals surface area (Å²) in [4.78, 5) is 11.6. The van der Waals surface area contributed by atoms with Crippen LogP contribution in [0, 0.1) is 5.41 Å². The molecule has 0 radical (unpaired) electrons. The van der Waals surface area contributed by atoms with Crippen molar-refractivity contribution >= 4 is 11.4 Å². The van der Waals surface area contributed by atoms with Gasteiger partial charge < -0.3 is 0 Å². The third-order valence-corrected chi connectivity index (χ3v) is 2.70. The number of allylic oxidation sites excluding steroid dienone is 2. The van der Waals surface area contributed by atoms with E-state index in [0.717, 1.165) is 17.7 Å². The van der Waals surface area contributed by atoms with Gasteiger partial charge in [-0.15, -0.1) is 5.10 Å². The Balaban J connectivity index is 2.38. The molecule has 1 aromatic rings. The summed E-state index contributed by atoms with van der Waals surface area (Å²) in [7, 11) is 1.84. The van der Waals surface area contributed by atoms with Gasteiger partial charge >= 0.3 is 0 Å². The van der Waals surface area contributed by atoms with Gasteiger partial charge in [-0.25, -0.2) is 4.68 Å². The average molecular weight is 205 g/mol. The molecule has 0 fully saturated rings. The van der Waals surface area contributed by atoms with Crippen molar-refractivity contribution in [2.24, 2.45) is 12.5 Å². The van der Waals surface area contributed by atoms with Crippen LogP contribution in [0.4, 0.5) is 0 Å². The summed E-state index contributed by atoms with van der Waals surface area (Å²) in [5.74, 6) is 0.197. The number of aryl methyl sites for hydroxylation is 1. The lowest BCUT2D eigenvalue weighted by Crippen LogP contribution is -2.22. The summed E-state index contributed by atoms with van der Waals surface area (Å²) >= 11 is 0. The number of aromatic nitrogens is 3. The summed E-state index contributed by atoms with van der Waals surface area (Å²) < 4.78 is 1.71. The summed E-state index contributed by atoms with van der Waals surface area (Å²) in [6, 6.07) is 0. The first-order valence-corrected chi connectivity index (χ1v) is 5.06. The molecule has 15 heavy (non-hydrogen) atoms. The zero-order valence-corrected chi connectivity index (χ0v) is 9.32. The Morgan fingerprint density at radius 3 is 2.67 bits per heavy atom. The average Bonchev–Trinajstić information content (AvgIpc) is 2.47. The SMILES string of the molecule is Cn1nncc1C1=CC(=O)CC(C)(C)C1. The topological polar surface area (TPSA) is 47.8 Å². The monoisotopic (exact) mass is 205 g/mol. The van der Waals surface area contributed by atoms with Gasteiger partial charge in [0.25, 0.3) is 0 Å². The molecule has 1 heterocycles. The van der Waals surface area contributed by atoms with E-state index in [4.69, 9.17) is 0 Å². The van der Waals surface area contributed by atoms with Crippen LogP contribution in [0.3, 0.4) is 0 Å². The van der Waals surface area contributed by atoms with Crippen LogP contribution in [-0.2, 0) is 11.8 Å². The lowest BCUT2D eigenvalue weighted by atomic mass is 9.76.